The first-order valence-electron chi connectivity index (χ1n) is 6.66. The van der Waals surface area contributed by atoms with Crippen molar-refractivity contribution in [1.82, 2.24) is 4.90 Å². The first kappa shape index (κ1) is 12.9. The van der Waals surface area contributed by atoms with Gasteiger partial charge < -0.3 is 4.74 Å². The van der Waals surface area contributed by atoms with E-state index >= 15 is 0 Å². The lowest BCUT2D eigenvalue weighted by Crippen LogP contribution is -2.32. The van der Waals surface area contributed by atoms with Crippen LogP contribution < -0.4 is 0 Å². The number of rotatable bonds is 3. The fourth-order valence-electron chi connectivity index (χ4n) is 3.47. The van der Waals surface area contributed by atoms with E-state index in [4.69, 9.17) is 0 Å². The number of allylic oxidation sites excluding steroid dienone is 2. The van der Waals surface area contributed by atoms with Gasteiger partial charge in [0.05, 0.1) is 31.6 Å². The van der Waals surface area contributed by atoms with Gasteiger partial charge in [-0.2, -0.15) is 0 Å². The number of hydrogen-bond donors (Lipinski definition) is 0. The second-order valence-corrected chi connectivity index (χ2v) is 5.33. The Bertz CT molecular complexity index is 540. The van der Waals surface area contributed by atoms with Gasteiger partial charge in [0.2, 0.25) is 11.8 Å². The minimum Gasteiger partial charge on any atom is -0.465 e. The Morgan fingerprint density at radius 2 is 1.95 bits per heavy atom. The zero-order valence-corrected chi connectivity index (χ0v) is 11.1. The highest BCUT2D eigenvalue weighted by molar-refractivity contribution is 6.06. The zero-order chi connectivity index (χ0) is 14.3. The molecule has 0 N–H and O–H groups in total. The van der Waals surface area contributed by atoms with Crippen molar-refractivity contribution in [2.75, 3.05) is 13.7 Å². The van der Waals surface area contributed by atoms with Gasteiger partial charge in [0, 0.05) is 0 Å². The molecule has 2 aliphatic carbocycles. The van der Waals surface area contributed by atoms with Crippen molar-refractivity contribution in [2.45, 2.75) is 6.42 Å². The Labute approximate surface area is 116 Å². The summed E-state index contributed by atoms with van der Waals surface area (Å²) >= 11 is 0. The number of esters is 1. The fraction of sp³-hybridized carbons (Fsp3) is 0.467. The fourth-order valence-corrected chi connectivity index (χ4v) is 3.47. The number of nitrogens with zero attached hydrogens (tertiary/aromatic N) is 1. The molecule has 4 unspecified atom stereocenters. The second-order valence-electron chi connectivity index (χ2n) is 5.33. The highest BCUT2D eigenvalue weighted by Crippen LogP contribution is 2.52. The van der Waals surface area contributed by atoms with Gasteiger partial charge in [0.25, 0.3) is 0 Å². The molecule has 2 amide bonds. The molecule has 1 aliphatic heterocycles. The van der Waals surface area contributed by atoms with Crippen molar-refractivity contribution < 1.29 is 19.1 Å². The molecule has 4 atom stereocenters. The third-order valence-corrected chi connectivity index (χ3v) is 4.36. The maximum Gasteiger partial charge on any atom is 0.338 e. The third-order valence-electron chi connectivity index (χ3n) is 4.36. The molecule has 1 saturated heterocycles. The van der Waals surface area contributed by atoms with Crippen LogP contribution in [0.3, 0.4) is 0 Å². The number of likely N-dealkylation sites (tertiary alicyclic amines) is 1. The van der Waals surface area contributed by atoms with E-state index in [2.05, 4.69) is 22.6 Å². The van der Waals surface area contributed by atoms with E-state index in [0.717, 1.165) is 12.5 Å². The van der Waals surface area contributed by atoms with Crippen molar-refractivity contribution in [3.63, 3.8) is 0 Å². The SMILES string of the molecule is COC(=O)C=C=CCN1C(=O)C2C3C=CC(C3)C2C1=O. The molecule has 20 heavy (non-hydrogen) atoms. The van der Waals surface area contributed by atoms with Crippen molar-refractivity contribution in [3.8, 4) is 0 Å². The van der Waals surface area contributed by atoms with E-state index in [1.54, 1.807) is 0 Å². The monoisotopic (exact) mass is 273 g/mol. The molecule has 5 heteroatoms. The molecule has 0 aromatic heterocycles. The van der Waals surface area contributed by atoms with Crippen molar-refractivity contribution in [2.24, 2.45) is 23.7 Å². The molecular formula is C15H15NO4. The first-order chi connectivity index (χ1) is 9.63. The molecule has 0 aromatic carbocycles. The normalized spacial score (nSPS) is 33.1. The van der Waals surface area contributed by atoms with Gasteiger partial charge in [0.1, 0.15) is 0 Å². The summed E-state index contributed by atoms with van der Waals surface area (Å²) in [6.45, 7) is 0.164. The van der Waals surface area contributed by atoms with Gasteiger partial charge >= 0.3 is 5.97 Å². The number of carbonyl (C=O) groups excluding carboxylic acids is 3. The molecule has 1 saturated carbocycles. The number of fused-ring (bicyclic) bond motifs is 5. The Morgan fingerprint density at radius 3 is 2.50 bits per heavy atom. The van der Waals surface area contributed by atoms with Crippen LogP contribution in [0.25, 0.3) is 0 Å². The van der Waals surface area contributed by atoms with Crippen LogP contribution in [0.4, 0.5) is 0 Å². The summed E-state index contributed by atoms with van der Waals surface area (Å²) in [5.41, 5.74) is 2.62. The molecule has 2 bridgehead atoms. The highest BCUT2D eigenvalue weighted by Gasteiger charge is 2.58. The average molecular weight is 273 g/mol. The van der Waals surface area contributed by atoms with E-state index in [0.29, 0.717) is 0 Å². The minimum atomic E-state index is -0.514. The lowest BCUT2D eigenvalue weighted by Gasteiger charge is -2.14. The average Bonchev–Trinajstić information content (AvgIpc) is 3.11. The molecule has 2 fully saturated rings. The van der Waals surface area contributed by atoms with Crippen LogP contribution in [-0.4, -0.2) is 36.3 Å². The molecular weight excluding hydrogens is 258 g/mol. The van der Waals surface area contributed by atoms with Crippen LogP contribution in [-0.2, 0) is 19.1 Å². The van der Waals surface area contributed by atoms with E-state index in [-0.39, 0.29) is 42.0 Å². The number of hydrogen-bond acceptors (Lipinski definition) is 4. The van der Waals surface area contributed by atoms with E-state index in [9.17, 15) is 14.4 Å². The van der Waals surface area contributed by atoms with Crippen LogP contribution in [0.1, 0.15) is 6.42 Å². The highest BCUT2D eigenvalue weighted by atomic mass is 16.5. The predicted octanol–water partition coefficient (Wildman–Crippen LogP) is 0.678. The Hall–Kier alpha value is -2.13. The lowest BCUT2D eigenvalue weighted by atomic mass is 9.85. The maximum absolute atomic E-state index is 12.3. The van der Waals surface area contributed by atoms with Crippen molar-refractivity contribution >= 4 is 17.8 Å². The van der Waals surface area contributed by atoms with Crippen LogP contribution in [0.2, 0.25) is 0 Å². The smallest absolute Gasteiger partial charge is 0.338 e. The van der Waals surface area contributed by atoms with Gasteiger partial charge in [0.15, 0.2) is 0 Å². The van der Waals surface area contributed by atoms with Gasteiger partial charge in [-0.1, -0.05) is 12.2 Å². The molecule has 1 heterocycles. The standard InChI is InChI=1S/C15H15NO4/c1-20-11(17)4-2-3-7-16-14(18)12-9-5-6-10(8-9)13(12)15(16)19/h3-6,9-10,12-13H,7-8H2,1H3. The number of imide groups is 1. The molecule has 0 aromatic rings. The Kier molecular flexibility index (Phi) is 3.07. The quantitative estimate of drug-likeness (QED) is 0.249. The summed E-state index contributed by atoms with van der Waals surface area (Å²) in [6, 6.07) is 0. The number of methoxy groups -OCH3 is 1. The summed E-state index contributed by atoms with van der Waals surface area (Å²) in [5.74, 6) is -0.589. The third kappa shape index (κ3) is 1.82. The van der Waals surface area contributed by atoms with Crippen LogP contribution >= 0.6 is 0 Å². The van der Waals surface area contributed by atoms with Crippen molar-refractivity contribution in [3.05, 3.63) is 30.0 Å². The first-order valence-corrected chi connectivity index (χ1v) is 6.66. The topological polar surface area (TPSA) is 63.7 Å². The largest absolute Gasteiger partial charge is 0.465 e. The van der Waals surface area contributed by atoms with Crippen LogP contribution in [0.5, 0.6) is 0 Å². The van der Waals surface area contributed by atoms with Gasteiger partial charge in [-0.05, 0) is 24.3 Å². The van der Waals surface area contributed by atoms with E-state index < -0.39 is 5.97 Å². The van der Waals surface area contributed by atoms with Crippen molar-refractivity contribution in [1.29, 1.82) is 0 Å². The van der Waals surface area contributed by atoms with Gasteiger partial charge in [-0.25, -0.2) is 4.79 Å². The van der Waals surface area contributed by atoms with E-state index in [1.807, 2.05) is 0 Å². The van der Waals surface area contributed by atoms with Crippen LogP contribution in [0.15, 0.2) is 30.0 Å². The molecule has 3 rings (SSSR count). The molecule has 0 spiro atoms. The number of amides is 2. The number of carbonyl (C=O) groups is 3. The Balaban J connectivity index is 1.71. The minimum absolute atomic E-state index is 0.0898. The van der Waals surface area contributed by atoms with Gasteiger partial charge in [-0.3, -0.25) is 14.5 Å². The molecule has 5 nitrogen and oxygen atoms in total. The summed E-state index contributed by atoms with van der Waals surface area (Å²) in [6.07, 6.45) is 7.69. The molecule has 3 aliphatic rings. The maximum atomic E-state index is 12.3. The lowest BCUT2D eigenvalue weighted by molar-refractivity contribution is -0.140. The molecule has 104 valence electrons. The summed E-state index contributed by atoms with van der Waals surface area (Å²) < 4.78 is 4.43. The second kappa shape index (κ2) is 4.76. The van der Waals surface area contributed by atoms with Crippen LogP contribution in [0, 0.1) is 23.7 Å². The Morgan fingerprint density at radius 1 is 1.35 bits per heavy atom. The predicted molar refractivity (Wildman–Crippen MR) is 69.1 cm³/mol. The zero-order valence-electron chi connectivity index (χ0n) is 11.1. The molecule has 0 radical (unpaired) electrons. The summed E-state index contributed by atoms with van der Waals surface area (Å²) in [4.78, 5) is 36.7. The summed E-state index contributed by atoms with van der Waals surface area (Å²) in [7, 11) is 1.28. The number of ether oxygens (including phenoxy) is 1. The summed E-state index contributed by atoms with van der Waals surface area (Å²) in [5, 5.41) is 0. The van der Waals surface area contributed by atoms with Gasteiger partial charge in [-0.15, -0.1) is 5.73 Å². The van der Waals surface area contributed by atoms with E-state index in [1.165, 1.54) is 18.1 Å².